The van der Waals surface area contributed by atoms with Crippen LogP contribution in [0.1, 0.15) is 284 Å². The minimum atomic E-state index is -0.802. The van der Waals surface area contributed by atoms with Gasteiger partial charge >= 0.3 is 17.9 Å². The Hall–Kier alpha value is -2.89. The largest absolute Gasteiger partial charge is 0.462 e. The van der Waals surface area contributed by atoms with E-state index in [1.165, 1.54) is 154 Å². The number of allylic oxidation sites excluding steroid dienone is 10. The first kappa shape index (κ1) is 63.1. The Morgan fingerprint density at radius 3 is 1.02 bits per heavy atom. The highest BCUT2D eigenvalue weighted by Gasteiger charge is 2.19. The zero-order valence-corrected chi connectivity index (χ0v) is 43.7. The van der Waals surface area contributed by atoms with Crippen molar-refractivity contribution in [2.75, 3.05) is 13.2 Å². The first-order valence-corrected chi connectivity index (χ1v) is 28.3. The molecular formula is C60H106O6. The molecule has 66 heavy (non-hydrogen) atoms. The highest BCUT2D eigenvalue weighted by molar-refractivity contribution is 5.71. The van der Waals surface area contributed by atoms with Crippen molar-refractivity contribution in [2.45, 2.75) is 290 Å². The summed E-state index contributed by atoms with van der Waals surface area (Å²) in [6.45, 7) is 6.49. The average molecular weight is 924 g/mol. The molecule has 0 fully saturated rings. The summed E-state index contributed by atoms with van der Waals surface area (Å²) in [5.74, 6) is -0.968. The molecule has 0 aromatic carbocycles. The molecule has 0 saturated carbocycles. The fraction of sp³-hybridized carbons (Fsp3) is 0.783. The van der Waals surface area contributed by atoms with Gasteiger partial charge in [0.25, 0.3) is 0 Å². The monoisotopic (exact) mass is 923 g/mol. The van der Waals surface area contributed by atoms with Gasteiger partial charge in [-0.1, -0.05) is 255 Å². The van der Waals surface area contributed by atoms with E-state index in [2.05, 4.69) is 75.5 Å². The van der Waals surface area contributed by atoms with Crippen LogP contribution in [0.2, 0.25) is 0 Å². The van der Waals surface area contributed by atoms with Gasteiger partial charge in [-0.05, 0) is 70.6 Å². The Bertz CT molecular complexity index is 1200. The average Bonchev–Trinajstić information content (AvgIpc) is 3.31. The van der Waals surface area contributed by atoms with Crippen LogP contribution in [0.5, 0.6) is 0 Å². The number of ether oxygens (including phenoxy) is 3. The van der Waals surface area contributed by atoms with Gasteiger partial charge in [0.1, 0.15) is 13.2 Å². The van der Waals surface area contributed by atoms with Crippen LogP contribution >= 0.6 is 0 Å². The van der Waals surface area contributed by atoms with E-state index >= 15 is 0 Å². The number of unbranched alkanes of at least 4 members (excludes halogenated alkanes) is 30. The second-order valence-electron chi connectivity index (χ2n) is 18.8. The summed E-state index contributed by atoms with van der Waals surface area (Å²) < 4.78 is 16.8. The van der Waals surface area contributed by atoms with E-state index in [1.807, 2.05) is 6.08 Å². The zero-order valence-electron chi connectivity index (χ0n) is 43.7. The molecule has 0 aliphatic rings. The van der Waals surface area contributed by atoms with Gasteiger partial charge in [0, 0.05) is 19.3 Å². The molecule has 1 unspecified atom stereocenters. The molecule has 0 amide bonds. The molecule has 0 N–H and O–H groups in total. The summed E-state index contributed by atoms with van der Waals surface area (Å²) in [7, 11) is 0. The fourth-order valence-corrected chi connectivity index (χ4v) is 8.04. The molecule has 0 spiro atoms. The molecular weight excluding hydrogens is 817 g/mol. The van der Waals surface area contributed by atoms with E-state index in [4.69, 9.17) is 14.2 Å². The topological polar surface area (TPSA) is 78.9 Å². The lowest BCUT2D eigenvalue weighted by molar-refractivity contribution is -0.166. The van der Waals surface area contributed by atoms with Crippen molar-refractivity contribution < 1.29 is 28.6 Å². The van der Waals surface area contributed by atoms with E-state index < -0.39 is 6.10 Å². The van der Waals surface area contributed by atoms with Crippen LogP contribution in [0.15, 0.2) is 60.8 Å². The molecule has 0 saturated heterocycles. The maximum atomic E-state index is 12.8. The fourth-order valence-electron chi connectivity index (χ4n) is 8.04. The molecule has 1 atom stereocenters. The maximum Gasteiger partial charge on any atom is 0.306 e. The Morgan fingerprint density at radius 2 is 0.621 bits per heavy atom. The minimum Gasteiger partial charge on any atom is -0.462 e. The predicted molar refractivity (Wildman–Crippen MR) is 284 cm³/mol. The number of esters is 3. The van der Waals surface area contributed by atoms with Crippen molar-refractivity contribution in [1.82, 2.24) is 0 Å². The van der Waals surface area contributed by atoms with Crippen LogP contribution in [0, 0.1) is 0 Å². The van der Waals surface area contributed by atoms with Crippen molar-refractivity contribution in [2.24, 2.45) is 0 Å². The van der Waals surface area contributed by atoms with E-state index in [-0.39, 0.29) is 37.5 Å². The van der Waals surface area contributed by atoms with Gasteiger partial charge in [-0.2, -0.15) is 0 Å². The highest BCUT2D eigenvalue weighted by Crippen LogP contribution is 2.16. The number of rotatable bonds is 51. The van der Waals surface area contributed by atoms with E-state index in [0.717, 1.165) is 83.5 Å². The van der Waals surface area contributed by atoms with Crippen molar-refractivity contribution >= 4 is 17.9 Å². The third-order valence-corrected chi connectivity index (χ3v) is 12.3. The number of carbonyl (C=O) groups is 3. The summed E-state index contributed by atoms with van der Waals surface area (Å²) in [6.07, 6.45) is 68.0. The van der Waals surface area contributed by atoms with Crippen molar-refractivity contribution in [3.8, 4) is 0 Å². The van der Waals surface area contributed by atoms with Gasteiger partial charge in [-0.25, -0.2) is 0 Å². The van der Waals surface area contributed by atoms with Crippen LogP contribution in [-0.2, 0) is 28.6 Å². The van der Waals surface area contributed by atoms with Crippen LogP contribution in [0.3, 0.4) is 0 Å². The first-order chi connectivity index (χ1) is 32.5. The molecule has 0 aromatic rings. The zero-order chi connectivity index (χ0) is 47.9. The van der Waals surface area contributed by atoms with Crippen LogP contribution in [0.4, 0.5) is 0 Å². The molecule has 0 bridgehead atoms. The normalized spacial score (nSPS) is 12.5. The summed E-state index contributed by atoms with van der Waals surface area (Å²) in [5.41, 5.74) is 0. The lowest BCUT2D eigenvalue weighted by Crippen LogP contribution is -2.30. The lowest BCUT2D eigenvalue weighted by atomic mass is 10.0. The first-order valence-electron chi connectivity index (χ1n) is 28.3. The summed E-state index contributed by atoms with van der Waals surface area (Å²) in [5, 5.41) is 0. The molecule has 0 heterocycles. The van der Waals surface area contributed by atoms with Gasteiger partial charge < -0.3 is 14.2 Å². The van der Waals surface area contributed by atoms with Crippen LogP contribution in [-0.4, -0.2) is 37.2 Å². The third-order valence-electron chi connectivity index (χ3n) is 12.3. The smallest absolute Gasteiger partial charge is 0.306 e. The summed E-state index contributed by atoms with van der Waals surface area (Å²) in [6, 6.07) is 0. The van der Waals surface area contributed by atoms with E-state index in [1.54, 1.807) is 0 Å². The van der Waals surface area contributed by atoms with Crippen LogP contribution < -0.4 is 0 Å². The maximum absolute atomic E-state index is 12.8. The van der Waals surface area contributed by atoms with Crippen LogP contribution in [0.25, 0.3) is 0 Å². The Labute approximate surface area is 409 Å². The highest BCUT2D eigenvalue weighted by atomic mass is 16.6. The van der Waals surface area contributed by atoms with E-state index in [9.17, 15) is 14.4 Å². The lowest BCUT2D eigenvalue weighted by Gasteiger charge is -2.18. The van der Waals surface area contributed by atoms with E-state index in [0.29, 0.717) is 19.3 Å². The molecule has 0 aliphatic heterocycles. The number of hydrogen-bond acceptors (Lipinski definition) is 6. The molecule has 382 valence electrons. The number of carbonyl (C=O) groups excluding carboxylic acids is 3. The Balaban J connectivity index is 4.39. The molecule has 0 radical (unpaired) electrons. The Morgan fingerprint density at radius 1 is 0.318 bits per heavy atom. The van der Waals surface area contributed by atoms with Gasteiger partial charge in [-0.15, -0.1) is 0 Å². The van der Waals surface area contributed by atoms with Crippen molar-refractivity contribution in [3.63, 3.8) is 0 Å². The standard InChI is InChI=1S/C60H106O6/c1-4-7-10-13-16-19-22-25-27-29-30-31-33-35-38-41-44-47-50-53-59(62)65-56-57(55-64-58(61)52-49-46-43-40-37-34-24-21-18-15-12-9-6-3)66-60(63)54-51-48-45-42-39-36-32-28-26-23-20-17-14-11-8-5-2/h8,11,17,20,26,28,34,37,43,46,57H,4-7,9-10,12-16,18-19,21-25,27,29-33,35-36,38-42,44-45,47-56H2,1-3H3/b11-8-,20-17-,28-26-,37-34-,46-43-. The molecule has 6 heteroatoms. The van der Waals surface area contributed by atoms with Gasteiger partial charge in [0.05, 0.1) is 0 Å². The molecule has 0 aliphatic carbocycles. The predicted octanol–water partition coefficient (Wildman–Crippen LogP) is 18.8. The third kappa shape index (κ3) is 52.1. The van der Waals surface area contributed by atoms with Crippen molar-refractivity contribution in [1.29, 1.82) is 0 Å². The van der Waals surface area contributed by atoms with Gasteiger partial charge in [-0.3, -0.25) is 14.4 Å². The van der Waals surface area contributed by atoms with Gasteiger partial charge in [0.2, 0.25) is 0 Å². The van der Waals surface area contributed by atoms with Gasteiger partial charge in [0.15, 0.2) is 6.10 Å². The second-order valence-corrected chi connectivity index (χ2v) is 18.8. The minimum absolute atomic E-state index is 0.0943. The molecule has 0 aromatic heterocycles. The van der Waals surface area contributed by atoms with Crippen molar-refractivity contribution in [3.05, 3.63) is 60.8 Å². The summed E-state index contributed by atoms with van der Waals surface area (Å²) >= 11 is 0. The molecule has 0 rings (SSSR count). The molecule has 6 nitrogen and oxygen atoms in total. The number of hydrogen-bond donors (Lipinski definition) is 0. The Kier molecular flexibility index (Phi) is 52.3. The SMILES string of the molecule is CC/C=C\C/C=C\C/C=C\CCCCCCCCC(=O)OC(COC(=O)CC/C=C\C/C=C\CCCCCCCC)COC(=O)CCCCCCCCCCCCCCCCCCCCC. The second kappa shape index (κ2) is 54.7. The quantitative estimate of drug-likeness (QED) is 0.0262. The summed E-state index contributed by atoms with van der Waals surface area (Å²) in [4.78, 5) is 38.1.